The molecule has 25 heavy (non-hydrogen) atoms. The number of hydrogen-bond acceptors (Lipinski definition) is 4. The largest absolute Gasteiger partial charge is 0.353 e. The Hall–Kier alpha value is -1.92. The number of aromatic nitrogens is 3. The molecule has 7 nitrogen and oxygen atoms in total. The van der Waals surface area contributed by atoms with Crippen LogP contribution in [0.1, 0.15) is 83.0 Å². The predicted molar refractivity (Wildman–Crippen MR) is 95.7 cm³/mol. The van der Waals surface area contributed by atoms with E-state index in [-0.39, 0.29) is 36.7 Å². The van der Waals surface area contributed by atoms with Gasteiger partial charge in [-0.2, -0.15) is 5.10 Å². The molecule has 0 unspecified atom stereocenters. The first-order valence-electron chi connectivity index (χ1n) is 9.52. The number of carbonyl (C=O) groups excluding carboxylic acids is 2. The molecule has 0 bridgehead atoms. The van der Waals surface area contributed by atoms with Crippen LogP contribution >= 0.6 is 0 Å². The first-order valence-corrected chi connectivity index (χ1v) is 9.52. The highest BCUT2D eigenvalue weighted by Crippen LogP contribution is 2.17. The molecule has 1 heterocycles. The second kappa shape index (κ2) is 10.2. The van der Waals surface area contributed by atoms with Gasteiger partial charge in [-0.05, 0) is 19.3 Å². The first-order chi connectivity index (χ1) is 12.1. The van der Waals surface area contributed by atoms with Crippen molar-refractivity contribution in [2.45, 2.75) is 83.2 Å². The molecule has 1 fully saturated rings. The molecule has 1 aliphatic carbocycles. The quantitative estimate of drug-likeness (QED) is 0.791. The van der Waals surface area contributed by atoms with Gasteiger partial charge < -0.3 is 10.6 Å². The molecule has 2 rings (SSSR count). The minimum Gasteiger partial charge on any atom is -0.353 e. The summed E-state index contributed by atoms with van der Waals surface area (Å²) >= 11 is 0. The zero-order valence-corrected chi connectivity index (χ0v) is 15.5. The first kappa shape index (κ1) is 19.4. The lowest BCUT2D eigenvalue weighted by Crippen LogP contribution is -2.36. The molecule has 1 aromatic rings. The van der Waals surface area contributed by atoms with Gasteiger partial charge in [-0.1, -0.05) is 39.0 Å². The number of rotatable bonds is 7. The SMILES string of the molecule is CC[C@@H](NC(=O)CCC(=O)NC1CCCCCCC1)c1ncnn1C. The van der Waals surface area contributed by atoms with E-state index in [0.29, 0.717) is 0 Å². The molecule has 0 saturated heterocycles. The Bertz CT molecular complexity index is 549. The third-order valence-corrected chi connectivity index (χ3v) is 4.85. The highest BCUT2D eigenvalue weighted by atomic mass is 16.2. The molecule has 2 amide bonds. The van der Waals surface area contributed by atoms with Gasteiger partial charge in [0.1, 0.15) is 12.2 Å². The van der Waals surface area contributed by atoms with Crippen molar-refractivity contribution in [2.75, 3.05) is 0 Å². The fraction of sp³-hybridized carbons (Fsp3) is 0.778. The molecule has 1 atom stereocenters. The minimum absolute atomic E-state index is 0.0209. The number of aryl methyl sites for hydroxylation is 1. The van der Waals surface area contributed by atoms with Gasteiger partial charge in [0.2, 0.25) is 11.8 Å². The second-order valence-electron chi connectivity index (χ2n) is 6.88. The van der Waals surface area contributed by atoms with Crippen LogP contribution in [0.5, 0.6) is 0 Å². The van der Waals surface area contributed by atoms with Crippen LogP contribution in [0, 0.1) is 0 Å². The number of hydrogen-bond donors (Lipinski definition) is 2. The minimum atomic E-state index is -0.173. The zero-order chi connectivity index (χ0) is 18.1. The lowest BCUT2D eigenvalue weighted by molar-refractivity contribution is -0.127. The summed E-state index contributed by atoms with van der Waals surface area (Å²) in [5.74, 6) is 0.588. The van der Waals surface area contributed by atoms with Gasteiger partial charge in [0.15, 0.2) is 0 Å². The Kier molecular flexibility index (Phi) is 7.88. The maximum atomic E-state index is 12.2. The summed E-state index contributed by atoms with van der Waals surface area (Å²) in [6, 6.07) is 0.103. The molecule has 0 aliphatic heterocycles. The fourth-order valence-electron chi connectivity index (χ4n) is 3.36. The van der Waals surface area contributed by atoms with Crippen molar-refractivity contribution < 1.29 is 9.59 Å². The van der Waals surface area contributed by atoms with Crippen LogP contribution in [0.3, 0.4) is 0 Å². The van der Waals surface area contributed by atoms with E-state index in [1.165, 1.54) is 38.4 Å². The Balaban J connectivity index is 1.73. The topological polar surface area (TPSA) is 88.9 Å². The van der Waals surface area contributed by atoms with E-state index < -0.39 is 0 Å². The standard InChI is InChI=1S/C18H31N5O2/c1-3-15(18-19-13-20-23(18)2)22-17(25)12-11-16(24)21-14-9-7-5-4-6-8-10-14/h13-15H,3-12H2,1-2H3,(H,21,24)(H,22,25)/t15-/m1/s1. The monoisotopic (exact) mass is 349 g/mol. The van der Waals surface area contributed by atoms with E-state index in [1.54, 1.807) is 11.7 Å². The summed E-state index contributed by atoms with van der Waals surface area (Å²) in [6.07, 6.45) is 11.0. The highest BCUT2D eigenvalue weighted by Gasteiger charge is 2.19. The maximum absolute atomic E-state index is 12.2. The van der Waals surface area contributed by atoms with E-state index in [4.69, 9.17) is 0 Å². The van der Waals surface area contributed by atoms with Crippen LogP contribution in [0.4, 0.5) is 0 Å². The Labute approximate surface area is 150 Å². The molecular formula is C18H31N5O2. The Morgan fingerprint density at radius 1 is 1.16 bits per heavy atom. The zero-order valence-electron chi connectivity index (χ0n) is 15.5. The molecule has 0 radical (unpaired) electrons. The average Bonchev–Trinajstić information content (AvgIpc) is 2.99. The summed E-state index contributed by atoms with van der Waals surface area (Å²) in [7, 11) is 1.81. The van der Waals surface area contributed by atoms with Crippen LogP contribution < -0.4 is 10.6 Å². The van der Waals surface area contributed by atoms with Crippen LogP contribution in [-0.2, 0) is 16.6 Å². The van der Waals surface area contributed by atoms with Crippen molar-refractivity contribution >= 4 is 11.8 Å². The molecule has 7 heteroatoms. The van der Waals surface area contributed by atoms with Gasteiger partial charge in [0.25, 0.3) is 0 Å². The van der Waals surface area contributed by atoms with Crippen LogP contribution in [-0.4, -0.2) is 32.6 Å². The van der Waals surface area contributed by atoms with Crippen molar-refractivity contribution in [2.24, 2.45) is 7.05 Å². The van der Waals surface area contributed by atoms with Crippen molar-refractivity contribution in [3.05, 3.63) is 12.2 Å². The Morgan fingerprint density at radius 3 is 2.40 bits per heavy atom. The summed E-state index contributed by atoms with van der Waals surface area (Å²) in [4.78, 5) is 28.5. The van der Waals surface area contributed by atoms with E-state index in [0.717, 1.165) is 25.1 Å². The number of carbonyl (C=O) groups is 2. The van der Waals surface area contributed by atoms with Crippen LogP contribution in [0.15, 0.2) is 6.33 Å². The van der Waals surface area contributed by atoms with E-state index in [1.807, 2.05) is 6.92 Å². The van der Waals surface area contributed by atoms with Crippen molar-refractivity contribution in [3.63, 3.8) is 0 Å². The average molecular weight is 349 g/mol. The maximum Gasteiger partial charge on any atom is 0.221 e. The van der Waals surface area contributed by atoms with Gasteiger partial charge >= 0.3 is 0 Å². The lowest BCUT2D eigenvalue weighted by Gasteiger charge is -2.21. The van der Waals surface area contributed by atoms with Gasteiger partial charge in [-0.15, -0.1) is 0 Å². The molecule has 0 spiro atoms. The number of amides is 2. The van der Waals surface area contributed by atoms with Gasteiger partial charge in [0.05, 0.1) is 6.04 Å². The number of nitrogens with zero attached hydrogens (tertiary/aromatic N) is 3. The molecule has 1 aliphatic rings. The van der Waals surface area contributed by atoms with E-state index in [9.17, 15) is 9.59 Å². The summed E-state index contributed by atoms with van der Waals surface area (Å²) in [6.45, 7) is 1.99. The van der Waals surface area contributed by atoms with Gasteiger partial charge in [-0.25, -0.2) is 4.98 Å². The summed E-state index contributed by atoms with van der Waals surface area (Å²) in [5.41, 5.74) is 0. The summed E-state index contributed by atoms with van der Waals surface area (Å²) < 4.78 is 1.66. The van der Waals surface area contributed by atoms with Gasteiger partial charge in [-0.3, -0.25) is 14.3 Å². The molecule has 1 saturated carbocycles. The third-order valence-electron chi connectivity index (χ3n) is 4.85. The molecular weight excluding hydrogens is 318 g/mol. The lowest BCUT2D eigenvalue weighted by atomic mass is 9.96. The normalized spacial score (nSPS) is 17.4. The number of nitrogens with one attached hydrogen (secondary N) is 2. The Morgan fingerprint density at radius 2 is 1.80 bits per heavy atom. The van der Waals surface area contributed by atoms with Crippen LogP contribution in [0.25, 0.3) is 0 Å². The third kappa shape index (κ3) is 6.48. The second-order valence-corrected chi connectivity index (χ2v) is 6.88. The van der Waals surface area contributed by atoms with Crippen molar-refractivity contribution in [1.29, 1.82) is 0 Å². The predicted octanol–water partition coefficient (Wildman–Crippen LogP) is 2.39. The smallest absolute Gasteiger partial charge is 0.221 e. The molecule has 1 aromatic heterocycles. The van der Waals surface area contributed by atoms with E-state index in [2.05, 4.69) is 20.7 Å². The van der Waals surface area contributed by atoms with E-state index >= 15 is 0 Å². The summed E-state index contributed by atoms with van der Waals surface area (Å²) in [5, 5.41) is 10.1. The van der Waals surface area contributed by atoms with Crippen molar-refractivity contribution in [3.8, 4) is 0 Å². The highest BCUT2D eigenvalue weighted by molar-refractivity contribution is 5.84. The van der Waals surface area contributed by atoms with Gasteiger partial charge in [0, 0.05) is 25.9 Å². The van der Waals surface area contributed by atoms with Crippen molar-refractivity contribution in [1.82, 2.24) is 25.4 Å². The van der Waals surface area contributed by atoms with Crippen LogP contribution in [0.2, 0.25) is 0 Å². The molecule has 2 N–H and O–H groups in total. The molecule has 0 aromatic carbocycles. The fourth-order valence-corrected chi connectivity index (χ4v) is 3.36. The molecule has 140 valence electrons.